The lowest BCUT2D eigenvalue weighted by molar-refractivity contribution is -0.142. The van der Waals surface area contributed by atoms with Crippen molar-refractivity contribution in [3.8, 4) is 0 Å². The molecule has 1 N–H and O–H groups in total. The predicted molar refractivity (Wildman–Crippen MR) is 54.8 cm³/mol. The number of hydrogen-bond acceptors (Lipinski definition) is 4. The minimum Gasteiger partial charge on any atom is -0.481 e. The standard InChI is InChI=1S/C10H13N3O2/c1-6-3-9(12-7(2)11-6)13-4-8(5-13)10(14)15/h3,8H,4-5H2,1-2H3,(H,14,15). The Morgan fingerprint density at radius 1 is 1.47 bits per heavy atom. The highest BCUT2D eigenvalue weighted by atomic mass is 16.4. The van der Waals surface area contributed by atoms with E-state index in [1.807, 2.05) is 24.8 Å². The Morgan fingerprint density at radius 2 is 2.13 bits per heavy atom. The van der Waals surface area contributed by atoms with Crippen molar-refractivity contribution < 1.29 is 9.90 Å². The third kappa shape index (κ3) is 1.91. The van der Waals surface area contributed by atoms with Crippen LogP contribution in [0.15, 0.2) is 6.07 Å². The summed E-state index contributed by atoms with van der Waals surface area (Å²) in [5.41, 5.74) is 0.913. The SMILES string of the molecule is Cc1cc(N2CC(C(=O)O)C2)nc(C)n1. The molecule has 0 aliphatic carbocycles. The second kappa shape index (κ2) is 3.49. The van der Waals surface area contributed by atoms with Crippen LogP contribution >= 0.6 is 0 Å². The lowest BCUT2D eigenvalue weighted by atomic mass is 10.0. The van der Waals surface area contributed by atoms with Gasteiger partial charge in [-0.3, -0.25) is 4.79 Å². The van der Waals surface area contributed by atoms with E-state index in [0.29, 0.717) is 13.1 Å². The molecule has 2 rings (SSSR count). The first-order valence-corrected chi connectivity index (χ1v) is 4.86. The number of aryl methyl sites for hydroxylation is 2. The van der Waals surface area contributed by atoms with Gasteiger partial charge >= 0.3 is 5.97 Å². The average Bonchev–Trinajstić information content (AvgIpc) is 1.97. The molecule has 1 saturated heterocycles. The number of carbonyl (C=O) groups is 1. The summed E-state index contributed by atoms with van der Waals surface area (Å²) in [6.07, 6.45) is 0. The summed E-state index contributed by atoms with van der Waals surface area (Å²) in [7, 11) is 0. The average molecular weight is 207 g/mol. The van der Waals surface area contributed by atoms with Crippen LogP contribution in [0, 0.1) is 19.8 Å². The van der Waals surface area contributed by atoms with Gasteiger partial charge in [-0.15, -0.1) is 0 Å². The lowest BCUT2D eigenvalue weighted by Crippen LogP contribution is -2.50. The van der Waals surface area contributed by atoms with Crippen molar-refractivity contribution in [3.05, 3.63) is 17.6 Å². The lowest BCUT2D eigenvalue weighted by Gasteiger charge is -2.37. The number of aromatic nitrogens is 2. The van der Waals surface area contributed by atoms with Crippen molar-refractivity contribution >= 4 is 11.8 Å². The number of carboxylic acids is 1. The Labute approximate surface area is 87.8 Å². The number of aliphatic carboxylic acids is 1. The van der Waals surface area contributed by atoms with Crippen molar-refractivity contribution in [1.82, 2.24) is 9.97 Å². The highest BCUT2D eigenvalue weighted by Crippen LogP contribution is 2.23. The normalized spacial score (nSPS) is 16.3. The molecule has 1 aromatic rings. The van der Waals surface area contributed by atoms with Gasteiger partial charge < -0.3 is 10.0 Å². The van der Waals surface area contributed by atoms with Gasteiger partial charge in [0.05, 0.1) is 5.92 Å². The molecule has 0 spiro atoms. The molecule has 5 heteroatoms. The van der Waals surface area contributed by atoms with Crippen LogP contribution in [-0.2, 0) is 4.79 Å². The summed E-state index contributed by atoms with van der Waals surface area (Å²) in [5, 5.41) is 8.75. The Kier molecular flexibility index (Phi) is 2.30. The number of carboxylic acid groups (broad SMARTS) is 1. The molecule has 80 valence electrons. The molecular weight excluding hydrogens is 194 g/mol. The van der Waals surface area contributed by atoms with E-state index in [4.69, 9.17) is 5.11 Å². The monoisotopic (exact) mass is 207 g/mol. The first-order chi connectivity index (χ1) is 7.06. The number of anilines is 1. The summed E-state index contributed by atoms with van der Waals surface area (Å²) < 4.78 is 0. The topological polar surface area (TPSA) is 66.3 Å². The molecule has 1 aliphatic rings. The molecule has 0 amide bonds. The summed E-state index contributed by atoms with van der Waals surface area (Å²) in [6, 6.07) is 1.88. The first kappa shape index (κ1) is 9.89. The fraction of sp³-hybridized carbons (Fsp3) is 0.500. The Balaban J connectivity index is 2.10. The van der Waals surface area contributed by atoms with Crippen molar-refractivity contribution in [2.24, 2.45) is 5.92 Å². The Hall–Kier alpha value is -1.65. The van der Waals surface area contributed by atoms with E-state index in [-0.39, 0.29) is 5.92 Å². The molecule has 0 unspecified atom stereocenters. The van der Waals surface area contributed by atoms with E-state index < -0.39 is 5.97 Å². The van der Waals surface area contributed by atoms with E-state index in [1.165, 1.54) is 0 Å². The predicted octanol–water partition coefficient (Wildman–Crippen LogP) is 0.614. The minimum atomic E-state index is -0.728. The first-order valence-electron chi connectivity index (χ1n) is 4.86. The molecule has 0 radical (unpaired) electrons. The van der Waals surface area contributed by atoms with E-state index >= 15 is 0 Å². The van der Waals surface area contributed by atoms with Crippen molar-refractivity contribution in [1.29, 1.82) is 0 Å². The fourth-order valence-corrected chi connectivity index (χ4v) is 1.68. The zero-order valence-electron chi connectivity index (χ0n) is 8.77. The third-order valence-electron chi connectivity index (χ3n) is 2.51. The van der Waals surface area contributed by atoms with Crippen LogP contribution < -0.4 is 4.90 Å². The Bertz CT molecular complexity index is 379. The largest absolute Gasteiger partial charge is 0.481 e. The van der Waals surface area contributed by atoms with Gasteiger partial charge in [-0.2, -0.15) is 0 Å². The second-order valence-corrected chi connectivity index (χ2v) is 3.85. The second-order valence-electron chi connectivity index (χ2n) is 3.85. The van der Waals surface area contributed by atoms with Crippen LogP contribution in [0.2, 0.25) is 0 Å². The molecule has 0 atom stereocenters. The van der Waals surface area contributed by atoms with Gasteiger partial charge in [0, 0.05) is 24.8 Å². The van der Waals surface area contributed by atoms with Crippen LogP contribution in [0.5, 0.6) is 0 Å². The summed E-state index contributed by atoms with van der Waals surface area (Å²) in [6.45, 7) is 4.84. The highest BCUT2D eigenvalue weighted by Gasteiger charge is 2.33. The van der Waals surface area contributed by atoms with E-state index in [2.05, 4.69) is 9.97 Å². The van der Waals surface area contributed by atoms with Crippen LogP contribution in [0.3, 0.4) is 0 Å². The zero-order valence-corrected chi connectivity index (χ0v) is 8.77. The van der Waals surface area contributed by atoms with Crippen molar-refractivity contribution in [2.45, 2.75) is 13.8 Å². The van der Waals surface area contributed by atoms with Crippen LogP contribution in [0.1, 0.15) is 11.5 Å². The zero-order chi connectivity index (χ0) is 11.0. The minimum absolute atomic E-state index is 0.249. The van der Waals surface area contributed by atoms with Crippen LogP contribution in [0.25, 0.3) is 0 Å². The summed E-state index contributed by atoms with van der Waals surface area (Å²) in [4.78, 5) is 21.0. The van der Waals surface area contributed by atoms with Gasteiger partial charge in [0.2, 0.25) is 0 Å². The maximum absolute atomic E-state index is 10.6. The molecule has 1 aliphatic heterocycles. The number of nitrogens with zero attached hydrogens (tertiary/aromatic N) is 3. The fourth-order valence-electron chi connectivity index (χ4n) is 1.68. The molecule has 1 aromatic heterocycles. The summed E-state index contributed by atoms with van der Waals surface area (Å²) >= 11 is 0. The summed E-state index contributed by atoms with van der Waals surface area (Å²) in [5.74, 6) is 0.579. The van der Waals surface area contributed by atoms with Crippen molar-refractivity contribution in [3.63, 3.8) is 0 Å². The Morgan fingerprint density at radius 3 is 2.67 bits per heavy atom. The maximum Gasteiger partial charge on any atom is 0.310 e. The number of hydrogen-bond donors (Lipinski definition) is 1. The van der Waals surface area contributed by atoms with Gasteiger partial charge in [0.1, 0.15) is 11.6 Å². The van der Waals surface area contributed by atoms with Gasteiger partial charge in [-0.05, 0) is 13.8 Å². The molecule has 15 heavy (non-hydrogen) atoms. The smallest absolute Gasteiger partial charge is 0.310 e. The molecule has 1 fully saturated rings. The quantitative estimate of drug-likeness (QED) is 0.769. The molecule has 0 bridgehead atoms. The van der Waals surface area contributed by atoms with E-state index in [1.54, 1.807) is 0 Å². The molecule has 0 aromatic carbocycles. The number of rotatable bonds is 2. The van der Waals surface area contributed by atoms with Crippen molar-refractivity contribution in [2.75, 3.05) is 18.0 Å². The van der Waals surface area contributed by atoms with E-state index in [0.717, 1.165) is 17.3 Å². The highest BCUT2D eigenvalue weighted by molar-refractivity contribution is 5.74. The maximum atomic E-state index is 10.6. The molecule has 5 nitrogen and oxygen atoms in total. The van der Waals surface area contributed by atoms with Gasteiger partial charge in [0.15, 0.2) is 0 Å². The molecule has 0 saturated carbocycles. The molecular formula is C10H13N3O2. The third-order valence-corrected chi connectivity index (χ3v) is 2.51. The van der Waals surface area contributed by atoms with Gasteiger partial charge in [0.25, 0.3) is 0 Å². The molecule has 2 heterocycles. The van der Waals surface area contributed by atoms with E-state index in [9.17, 15) is 4.79 Å². The van der Waals surface area contributed by atoms with Crippen LogP contribution in [0.4, 0.5) is 5.82 Å². The van der Waals surface area contributed by atoms with Gasteiger partial charge in [-0.1, -0.05) is 0 Å². The van der Waals surface area contributed by atoms with Gasteiger partial charge in [-0.25, -0.2) is 9.97 Å². The van der Waals surface area contributed by atoms with Crippen LogP contribution in [-0.4, -0.2) is 34.1 Å².